The summed E-state index contributed by atoms with van der Waals surface area (Å²) in [6.07, 6.45) is 3.15. The number of aliphatic hydroxyl groups is 1. The molecular formula is C16H18FN3O2S. The molecule has 3 rings (SSSR count). The Bertz CT molecular complexity index is 719. The van der Waals surface area contributed by atoms with Gasteiger partial charge in [-0.25, -0.2) is 9.37 Å². The monoisotopic (exact) mass is 335 g/mol. The van der Waals surface area contributed by atoms with E-state index in [1.807, 2.05) is 7.05 Å². The molecule has 0 spiro atoms. The zero-order chi connectivity index (χ0) is 16.4. The Balaban J connectivity index is 1.80. The Morgan fingerprint density at radius 2 is 2.22 bits per heavy atom. The lowest BCUT2D eigenvalue weighted by Crippen LogP contribution is -2.43. The summed E-state index contributed by atoms with van der Waals surface area (Å²) >= 11 is 1.37. The van der Waals surface area contributed by atoms with Crippen LogP contribution >= 0.6 is 11.8 Å². The van der Waals surface area contributed by atoms with Crippen LogP contribution in [0.1, 0.15) is 18.5 Å². The van der Waals surface area contributed by atoms with Crippen LogP contribution in [0, 0.1) is 5.82 Å². The number of hydrogen-bond acceptors (Lipinski definition) is 4. The van der Waals surface area contributed by atoms with Crippen LogP contribution in [0.4, 0.5) is 10.1 Å². The van der Waals surface area contributed by atoms with Gasteiger partial charge in [0.05, 0.1) is 29.4 Å². The molecule has 1 N–H and O–H groups in total. The van der Waals surface area contributed by atoms with Gasteiger partial charge in [-0.05, 0) is 25.0 Å². The number of hydrogen-bond donors (Lipinski definition) is 1. The van der Waals surface area contributed by atoms with E-state index in [-0.39, 0.29) is 23.6 Å². The SMILES string of the molecule is Cn1c(CO)cnc1SC1CCCN(c2ccccc2F)C1=O. The van der Waals surface area contributed by atoms with Gasteiger partial charge in [-0.1, -0.05) is 23.9 Å². The topological polar surface area (TPSA) is 58.4 Å². The maximum atomic E-state index is 14.0. The highest BCUT2D eigenvalue weighted by molar-refractivity contribution is 8.00. The van der Waals surface area contributed by atoms with Crippen molar-refractivity contribution in [2.75, 3.05) is 11.4 Å². The number of imidazole rings is 1. The average Bonchev–Trinajstić information content (AvgIpc) is 2.90. The highest BCUT2D eigenvalue weighted by atomic mass is 32.2. The molecule has 0 saturated carbocycles. The van der Waals surface area contributed by atoms with E-state index in [1.54, 1.807) is 29.0 Å². The van der Waals surface area contributed by atoms with Crippen molar-refractivity contribution in [3.8, 4) is 0 Å². The number of aliphatic hydroxyl groups excluding tert-OH is 1. The average molecular weight is 335 g/mol. The van der Waals surface area contributed by atoms with Crippen molar-refractivity contribution in [1.29, 1.82) is 0 Å². The summed E-state index contributed by atoms with van der Waals surface area (Å²) < 4.78 is 15.7. The van der Waals surface area contributed by atoms with Gasteiger partial charge in [-0.15, -0.1) is 0 Å². The molecule has 1 atom stereocenters. The second-order valence-corrected chi connectivity index (χ2v) is 6.61. The number of benzene rings is 1. The third-order valence-electron chi connectivity index (χ3n) is 3.98. The normalized spacial score (nSPS) is 18.5. The van der Waals surface area contributed by atoms with Crippen LogP contribution in [-0.4, -0.2) is 32.4 Å². The maximum Gasteiger partial charge on any atom is 0.240 e. The van der Waals surface area contributed by atoms with Gasteiger partial charge < -0.3 is 14.6 Å². The number of amides is 1. The zero-order valence-electron chi connectivity index (χ0n) is 12.8. The highest BCUT2D eigenvalue weighted by Gasteiger charge is 2.32. The molecule has 1 unspecified atom stereocenters. The van der Waals surface area contributed by atoms with Crippen LogP contribution in [0.15, 0.2) is 35.6 Å². The van der Waals surface area contributed by atoms with Crippen LogP contribution < -0.4 is 4.90 Å². The van der Waals surface area contributed by atoms with Gasteiger partial charge in [0, 0.05) is 13.6 Å². The van der Waals surface area contributed by atoms with E-state index < -0.39 is 0 Å². The molecule has 1 aliphatic rings. The Morgan fingerprint density at radius 1 is 1.43 bits per heavy atom. The second kappa shape index (κ2) is 6.72. The number of thioether (sulfide) groups is 1. The summed E-state index contributed by atoms with van der Waals surface area (Å²) in [6, 6.07) is 6.34. The summed E-state index contributed by atoms with van der Waals surface area (Å²) in [5.74, 6) is -0.481. The van der Waals surface area contributed by atoms with Gasteiger partial charge in [0.2, 0.25) is 5.91 Å². The molecule has 0 aliphatic carbocycles. The molecule has 0 radical (unpaired) electrons. The molecule has 23 heavy (non-hydrogen) atoms. The molecule has 1 saturated heterocycles. The molecule has 5 nitrogen and oxygen atoms in total. The van der Waals surface area contributed by atoms with Crippen LogP contribution in [0.3, 0.4) is 0 Å². The Kier molecular flexibility index (Phi) is 4.68. The fraction of sp³-hybridized carbons (Fsp3) is 0.375. The first-order chi connectivity index (χ1) is 11.1. The summed E-state index contributed by atoms with van der Waals surface area (Å²) in [5.41, 5.74) is 1.03. The van der Waals surface area contributed by atoms with Crippen molar-refractivity contribution in [1.82, 2.24) is 9.55 Å². The Labute approximate surface area is 138 Å². The summed E-state index contributed by atoms with van der Waals surface area (Å²) in [6.45, 7) is 0.434. The number of carbonyl (C=O) groups is 1. The molecule has 1 fully saturated rings. The predicted molar refractivity (Wildman–Crippen MR) is 86.8 cm³/mol. The van der Waals surface area contributed by atoms with Crippen molar-refractivity contribution < 1.29 is 14.3 Å². The van der Waals surface area contributed by atoms with E-state index in [0.717, 1.165) is 12.8 Å². The third kappa shape index (κ3) is 3.11. The molecule has 122 valence electrons. The van der Waals surface area contributed by atoms with E-state index in [2.05, 4.69) is 4.98 Å². The molecule has 2 aromatic rings. The van der Waals surface area contributed by atoms with Crippen molar-refractivity contribution in [3.05, 3.63) is 42.0 Å². The number of halogens is 1. The van der Waals surface area contributed by atoms with E-state index in [1.165, 1.54) is 22.7 Å². The predicted octanol–water partition coefficient (Wildman–Crippen LogP) is 2.34. The molecule has 1 aromatic heterocycles. The van der Waals surface area contributed by atoms with Gasteiger partial charge in [-0.3, -0.25) is 4.79 Å². The largest absolute Gasteiger partial charge is 0.390 e. The Hall–Kier alpha value is -1.86. The summed E-state index contributed by atoms with van der Waals surface area (Å²) in [7, 11) is 1.81. The van der Waals surface area contributed by atoms with Gasteiger partial charge >= 0.3 is 0 Å². The molecule has 7 heteroatoms. The van der Waals surface area contributed by atoms with Crippen molar-refractivity contribution in [2.24, 2.45) is 7.05 Å². The molecular weight excluding hydrogens is 317 g/mol. The van der Waals surface area contributed by atoms with E-state index in [9.17, 15) is 14.3 Å². The first-order valence-corrected chi connectivity index (χ1v) is 8.33. The van der Waals surface area contributed by atoms with Crippen molar-refractivity contribution in [3.63, 3.8) is 0 Å². The van der Waals surface area contributed by atoms with Crippen LogP contribution in [0.5, 0.6) is 0 Å². The molecule has 2 heterocycles. The summed E-state index contributed by atoms with van der Waals surface area (Å²) in [4.78, 5) is 18.5. The van der Waals surface area contributed by atoms with Crippen molar-refractivity contribution >= 4 is 23.4 Å². The molecule has 1 amide bonds. The Morgan fingerprint density at radius 3 is 2.91 bits per heavy atom. The molecule has 0 bridgehead atoms. The first-order valence-electron chi connectivity index (χ1n) is 7.46. The molecule has 1 aliphatic heterocycles. The fourth-order valence-electron chi connectivity index (χ4n) is 2.67. The minimum Gasteiger partial charge on any atom is -0.390 e. The zero-order valence-corrected chi connectivity index (χ0v) is 13.6. The number of piperidine rings is 1. The second-order valence-electron chi connectivity index (χ2n) is 5.44. The van der Waals surface area contributed by atoms with E-state index in [4.69, 9.17) is 0 Å². The number of aromatic nitrogens is 2. The number of anilines is 1. The van der Waals surface area contributed by atoms with E-state index in [0.29, 0.717) is 23.1 Å². The third-order valence-corrected chi connectivity index (χ3v) is 5.30. The minimum absolute atomic E-state index is 0.0932. The maximum absolute atomic E-state index is 14.0. The number of carbonyl (C=O) groups excluding carboxylic acids is 1. The molecule has 1 aromatic carbocycles. The lowest BCUT2D eigenvalue weighted by molar-refractivity contribution is -0.119. The lowest BCUT2D eigenvalue weighted by atomic mass is 10.1. The van der Waals surface area contributed by atoms with Crippen molar-refractivity contribution in [2.45, 2.75) is 29.9 Å². The fourth-order valence-corrected chi connectivity index (χ4v) is 3.83. The number of para-hydroxylation sites is 1. The first kappa shape index (κ1) is 16.0. The van der Waals surface area contributed by atoms with Crippen LogP contribution in [0.25, 0.3) is 0 Å². The number of nitrogens with zero attached hydrogens (tertiary/aromatic N) is 3. The van der Waals surface area contributed by atoms with Gasteiger partial charge in [0.1, 0.15) is 5.82 Å². The van der Waals surface area contributed by atoms with Crippen LogP contribution in [0.2, 0.25) is 0 Å². The summed E-state index contributed by atoms with van der Waals surface area (Å²) in [5, 5.41) is 9.61. The number of rotatable bonds is 4. The van der Waals surface area contributed by atoms with E-state index >= 15 is 0 Å². The lowest BCUT2D eigenvalue weighted by Gasteiger charge is -2.32. The van der Waals surface area contributed by atoms with Gasteiger partial charge in [0.15, 0.2) is 5.16 Å². The standard InChI is InChI=1S/C16H18FN3O2S/c1-19-11(10-21)9-18-16(19)23-14-7-4-8-20(15(14)22)13-6-3-2-5-12(13)17/h2-3,5-6,9,14,21H,4,7-8,10H2,1H3. The highest BCUT2D eigenvalue weighted by Crippen LogP contribution is 2.32. The quantitative estimate of drug-likeness (QED) is 0.932. The van der Waals surface area contributed by atoms with Gasteiger partial charge in [-0.2, -0.15) is 0 Å². The minimum atomic E-state index is -0.383. The smallest absolute Gasteiger partial charge is 0.240 e. The van der Waals surface area contributed by atoms with Crippen LogP contribution in [-0.2, 0) is 18.4 Å². The van der Waals surface area contributed by atoms with Gasteiger partial charge in [0.25, 0.3) is 0 Å².